The summed E-state index contributed by atoms with van der Waals surface area (Å²) in [6, 6.07) is 14.6. The summed E-state index contributed by atoms with van der Waals surface area (Å²) in [5.41, 5.74) is 0.553. The molecule has 1 heterocycles. The fraction of sp³-hybridized carbons (Fsp3) is 0.417. The van der Waals surface area contributed by atoms with Crippen LogP contribution in [0, 0.1) is 5.92 Å². The van der Waals surface area contributed by atoms with E-state index < -0.39 is 0 Å². The Morgan fingerprint density at radius 2 is 1.74 bits per heavy atom. The largest absolute Gasteiger partial charge is 0.493 e. The number of likely N-dealkylation sites (tertiary alicyclic amines) is 1. The van der Waals surface area contributed by atoms with Gasteiger partial charge in [0, 0.05) is 19.5 Å². The molecule has 0 bridgehead atoms. The van der Waals surface area contributed by atoms with E-state index in [0.717, 1.165) is 19.3 Å². The number of methoxy groups -OCH3 is 1. The Morgan fingerprint density at radius 1 is 1.06 bits per heavy atom. The van der Waals surface area contributed by atoms with Crippen molar-refractivity contribution >= 4 is 23.4 Å². The number of rotatable bonds is 9. The molecule has 6 nitrogen and oxygen atoms in total. The summed E-state index contributed by atoms with van der Waals surface area (Å²) in [5.74, 6) is 1.80. The monoisotopic (exact) mass is 444 g/mol. The van der Waals surface area contributed by atoms with Crippen molar-refractivity contribution in [3.05, 3.63) is 59.1 Å². The fourth-order valence-electron chi connectivity index (χ4n) is 3.74. The van der Waals surface area contributed by atoms with Crippen molar-refractivity contribution in [1.29, 1.82) is 0 Å². The molecule has 1 saturated heterocycles. The zero-order valence-corrected chi connectivity index (χ0v) is 18.6. The van der Waals surface area contributed by atoms with Crippen LogP contribution in [0.1, 0.15) is 36.0 Å². The van der Waals surface area contributed by atoms with Crippen molar-refractivity contribution in [2.24, 2.45) is 5.92 Å². The Bertz CT molecular complexity index is 881. The van der Waals surface area contributed by atoms with Crippen LogP contribution in [0.5, 0.6) is 11.5 Å². The molecule has 2 aromatic carbocycles. The Kier molecular flexibility index (Phi) is 8.59. The molecule has 0 saturated carbocycles. The van der Waals surface area contributed by atoms with Crippen LogP contribution in [0.2, 0.25) is 5.02 Å². The highest BCUT2D eigenvalue weighted by Crippen LogP contribution is 2.26. The fourth-order valence-corrected chi connectivity index (χ4v) is 3.96. The van der Waals surface area contributed by atoms with Crippen molar-refractivity contribution in [3.8, 4) is 11.5 Å². The Balaban J connectivity index is 1.32. The maximum Gasteiger partial charge on any atom is 0.255 e. The first-order valence-corrected chi connectivity index (χ1v) is 11.0. The van der Waals surface area contributed by atoms with E-state index in [-0.39, 0.29) is 11.8 Å². The molecule has 0 aliphatic carbocycles. The Labute approximate surface area is 188 Å². The average molecular weight is 445 g/mol. The van der Waals surface area contributed by atoms with Crippen LogP contribution in [-0.2, 0) is 4.79 Å². The van der Waals surface area contributed by atoms with Gasteiger partial charge in [-0.3, -0.25) is 9.59 Å². The van der Waals surface area contributed by atoms with Gasteiger partial charge in [-0.2, -0.15) is 0 Å². The van der Waals surface area contributed by atoms with E-state index in [1.165, 1.54) is 0 Å². The normalized spacial score (nSPS) is 14.2. The molecule has 2 aromatic rings. The van der Waals surface area contributed by atoms with Gasteiger partial charge >= 0.3 is 0 Å². The maximum atomic E-state index is 12.6. The van der Waals surface area contributed by atoms with Gasteiger partial charge in [0.15, 0.2) is 11.5 Å². The Morgan fingerprint density at radius 3 is 2.45 bits per heavy atom. The molecule has 0 aromatic heterocycles. The standard InChI is InChI=1S/C24H29ClN2O4/c1-30-21-8-4-5-9-22(21)31-17-14-26-23(28)11-10-18-12-15-27(16-13-18)24(29)19-6-2-3-7-20(19)25/h2-9,18H,10-17H2,1H3,(H,26,28). The number of carbonyl (C=O) groups excluding carboxylic acids is 2. The first kappa shape index (κ1) is 22.9. The highest BCUT2D eigenvalue weighted by molar-refractivity contribution is 6.33. The molecule has 3 rings (SSSR count). The second kappa shape index (κ2) is 11.6. The number of benzene rings is 2. The molecular formula is C24H29ClN2O4. The molecule has 1 aliphatic heterocycles. The van der Waals surface area contributed by atoms with Gasteiger partial charge in [-0.1, -0.05) is 35.9 Å². The number of hydrogen-bond acceptors (Lipinski definition) is 4. The van der Waals surface area contributed by atoms with Gasteiger partial charge in [-0.25, -0.2) is 0 Å². The SMILES string of the molecule is COc1ccccc1OCCNC(=O)CCC1CCN(C(=O)c2ccccc2Cl)CC1. The van der Waals surface area contributed by atoms with Crippen molar-refractivity contribution in [2.45, 2.75) is 25.7 Å². The van der Waals surface area contributed by atoms with E-state index in [9.17, 15) is 9.59 Å². The van der Waals surface area contributed by atoms with Crippen LogP contribution in [0.15, 0.2) is 48.5 Å². The number of para-hydroxylation sites is 2. The van der Waals surface area contributed by atoms with Gasteiger partial charge in [0.1, 0.15) is 6.61 Å². The second-order valence-corrected chi connectivity index (χ2v) is 8.01. The molecule has 166 valence electrons. The minimum Gasteiger partial charge on any atom is -0.493 e. The molecule has 0 atom stereocenters. The highest BCUT2D eigenvalue weighted by Gasteiger charge is 2.25. The number of carbonyl (C=O) groups is 2. The lowest BCUT2D eigenvalue weighted by Gasteiger charge is -2.32. The molecule has 1 N–H and O–H groups in total. The lowest BCUT2D eigenvalue weighted by Crippen LogP contribution is -2.39. The van der Waals surface area contributed by atoms with E-state index in [1.807, 2.05) is 41.3 Å². The summed E-state index contributed by atoms with van der Waals surface area (Å²) in [6.45, 7) is 2.22. The van der Waals surface area contributed by atoms with E-state index in [4.69, 9.17) is 21.1 Å². The number of nitrogens with zero attached hydrogens (tertiary/aromatic N) is 1. The van der Waals surface area contributed by atoms with Gasteiger partial charge in [0.05, 0.1) is 24.2 Å². The number of nitrogens with one attached hydrogen (secondary N) is 1. The number of piperidine rings is 1. The van der Waals surface area contributed by atoms with Crippen LogP contribution in [0.3, 0.4) is 0 Å². The zero-order chi connectivity index (χ0) is 22.1. The minimum atomic E-state index is -0.0168. The molecule has 0 spiro atoms. The summed E-state index contributed by atoms with van der Waals surface area (Å²) in [4.78, 5) is 26.6. The van der Waals surface area contributed by atoms with Gasteiger partial charge in [-0.05, 0) is 49.4 Å². The molecule has 0 unspecified atom stereocenters. The van der Waals surface area contributed by atoms with Gasteiger partial charge < -0.3 is 19.7 Å². The van der Waals surface area contributed by atoms with E-state index in [2.05, 4.69) is 5.32 Å². The van der Waals surface area contributed by atoms with Gasteiger partial charge in [-0.15, -0.1) is 0 Å². The van der Waals surface area contributed by atoms with Crippen LogP contribution in [-0.4, -0.2) is 50.1 Å². The molecule has 2 amide bonds. The van der Waals surface area contributed by atoms with Gasteiger partial charge in [0.25, 0.3) is 5.91 Å². The zero-order valence-electron chi connectivity index (χ0n) is 17.8. The minimum absolute atomic E-state index is 0.0168. The summed E-state index contributed by atoms with van der Waals surface area (Å²) in [7, 11) is 1.60. The van der Waals surface area contributed by atoms with Crippen LogP contribution in [0.25, 0.3) is 0 Å². The van der Waals surface area contributed by atoms with Crippen LogP contribution >= 0.6 is 11.6 Å². The lowest BCUT2D eigenvalue weighted by molar-refractivity contribution is -0.121. The average Bonchev–Trinajstić information content (AvgIpc) is 2.81. The Hall–Kier alpha value is -2.73. The molecule has 1 fully saturated rings. The van der Waals surface area contributed by atoms with Crippen molar-refractivity contribution < 1.29 is 19.1 Å². The quantitative estimate of drug-likeness (QED) is 0.589. The summed E-state index contributed by atoms with van der Waals surface area (Å²) in [6.07, 6.45) is 3.12. The van der Waals surface area contributed by atoms with Gasteiger partial charge in [0.2, 0.25) is 5.91 Å². The van der Waals surface area contributed by atoms with Crippen LogP contribution in [0.4, 0.5) is 0 Å². The lowest BCUT2D eigenvalue weighted by atomic mass is 9.91. The highest BCUT2D eigenvalue weighted by atomic mass is 35.5. The number of hydrogen-bond donors (Lipinski definition) is 1. The van der Waals surface area contributed by atoms with E-state index in [0.29, 0.717) is 60.7 Å². The first-order valence-electron chi connectivity index (χ1n) is 10.6. The third kappa shape index (κ3) is 6.62. The number of amides is 2. The summed E-state index contributed by atoms with van der Waals surface area (Å²) >= 11 is 6.15. The smallest absolute Gasteiger partial charge is 0.255 e. The molecule has 1 aliphatic rings. The molecule has 7 heteroatoms. The molecule has 31 heavy (non-hydrogen) atoms. The molecule has 0 radical (unpaired) electrons. The third-order valence-electron chi connectivity index (χ3n) is 5.54. The maximum absolute atomic E-state index is 12.6. The van der Waals surface area contributed by atoms with Crippen molar-refractivity contribution in [2.75, 3.05) is 33.4 Å². The molecular weight excluding hydrogens is 416 g/mol. The third-order valence-corrected chi connectivity index (χ3v) is 5.87. The van der Waals surface area contributed by atoms with Crippen LogP contribution < -0.4 is 14.8 Å². The van der Waals surface area contributed by atoms with E-state index in [1.54, 1.807) is 19.2 Å². The van der Waals surface area contributed by atoms with Crippen molar-refractivity contribution in [3.63, 3.8) is 0 Å². The van der Waals surface area contributed by atoms with E-state index >= 15 is 0 Å². The second-order valence-electron chi connectivity index (χ2n) is 7.60. The first-order chi connectivity index (χ1) is 15.1. The number of halogens is 1. The predicted molar refractivity (Wildman–Crippen MR) is 121 cm³/mol. The summed E-state index contributed by atoms with van der Waals surface area (Å²) < 4.78 is 10.9. The topological polar surface area (TPSA) is 67.9 Å². The number of ether oxygens (including phenoxy) is 2. The summed E-state index contributed by atoms with van der Waals surface area (Å²) in [5, 5.41) is 3.39. The predicted octanol–water partition coefficient (Wildman–Crippen LogP) is 4.18. The van der Waals surface area contributed by atoms with Crippen molar-refractivity contribution in [1.82, 2.24) is 10.2 Å².